The Morgan fingerprint density at radius 1 is 1.20 bits per heavy atom. The Morgan fingerprint density at radius 3 is 2.55 bits per heavy atom. The Bertz CT molecular complexity index is 643. The van der Waals surface area contributed by atoms with E-state index in [0.717, 1.165) is 0 Å². The zero-order chi connectivity index (χ0) is 14.5. The molecule has 6 heteroatoms. The van der Waals surface area contributed by atoms with Crippen LogP contribution in [0.25, 0.3) is 0 Å². The quantitative estimate of drug-likeness (QED) is 0.475. The minimum absolute atomic E-state index is 0.0876. The number of nitrogens with zero attached hydrogens (tertiary/aromatic N) is 1. The summed E-state index contributed by atoms with van der Waals surface area (Å²) in [6.45, 7) is -0.177. The van der Waals surface area contributed by atoms with Crippen LogP contribution in [0.2, 0.25) is 0 Å². The molecule has 0 amide bonds. The number of hydrogen-bond acceptors (Lipinski definition) is 4. The van der Waals surface area contributed by atoms with E-state index in [1.54, 1.807) is 24.3 Å². The third-order valence-corrected chi connectivity index (χ3v) is 3.24. The molecule has 0 atom stereocenters. The van der Waals surface area contributed by atoms with Crippen LogP contribution in [0, 0.1) is 10.1 Å². The number of rotatable bonds is 5. The lowest BCUT2D eigenvalue weighted by molar-refractivity contribution is -0.384. The molecule has 0 unspecified atom stereocenters. The summed E-state index contributed by atoms with van der Waals surface area (Å²) in [4.78, 5) is 22.1. The number of hydrogen-bond donors (Lipinski definition) is 0. The number of carbonyl (C=O) groups is 1. The molecule has 0 fully saturated rings. The molecule has 2 rings (SSSR count). The average molecular weight is 336 g/mol. The molecule has 0 aliphatic carbocycles. The third kappa shape index (κ3) is 3.42. The van der Waals surface area contributed by atoms with Crippen LogP contribution < -0.4 is 4.74 Å². The summed E-state index contributed by atoms with van der Waals surface area (Å²) in [5.74, 6) is 0.0764. The first-order valence-electron chi connectivity index (χ1n) is 5.73. The first-order valence-corrected chi connectivity index (χ1v) is 6.52. The highest BCUT2D eigenvalue weighted by Crippen LogP contribution is 2.29. The third-order valence-electron chi connectivity index (χ3n) is 2.58. The van der Waals surface area contributed by atoms with E-state index in [-0.39, 0.29) is 23.8 Å². The van der Waals surface area contributed by atoms with Gasteiger partial charge < -0.3 is 4.74 Å². The molecular formula is C14H10BrNO4. The molecule has 0 radical (unpaired) electrons. The largest absolute Gasteiger partial charge is 0.484 e. The van der Waals surface area contributed by atoms with Gasteiger partial charge in [0, 0.05) is 11.6 Å². The molecule has 0 heterocycles. The van der Waals surface area contributed by atoms with E-state index in [9.17, 15) is 14.9 Å². The van der Waals surface area contributed by atoms with Crippen molar-refractivity contribution in [2.24, 2.45) is 0 Å². The molecule has 0 aromatic heterocycles. The normalized spacial score (nSPS) is 10.1. The molecule has 0 bridgehead atoms. The van der Waals surface area contributed by atoms with Gasteiger partial charge in [-0.3, -0.25) is 14.9 Å². The summed E-state index contributed by atoms with van der Waals surface area (Å²) in [5.41, 5.74) is 0.449. The first kappa shape index (κ1) is 14.2. The van der Waals surface area contributed by atoms with Gasteiger partial charge in [0.25, 0.3) is 5.69 Å². The molecule has 0 aliphatic rings. The lowest BCUT2D eigenvalue weighted by atomic mass is 10.1. The molecule has 0 saturated carbocycles. The van der Waals surface area contributed by atoms with Gasteiger partial charge in [-0.05, 0) is 22.0 Å². The van der Waals surface area contributed by atoms with Crippen LogP contribution in [0.1, 0.15) is 10.4 Å². The molecule has 0 N–H and O–H groups in total. The van der Waals surface area contributed by atoms with Gasteiger partial charge in [-0.15, -0.1) is 0 Å². The van der Waals surface area contributed by atoms with E-state index in [4.69, 9.17) is 4.74 Å². The Morgan fingerprint density at radius 2 is 1.90 bits per heavy atom. The van der Waals surface area contributed by atoms with E-state index >= 15 is 0 Å². The fraction of sp³-hybridized carbons (Fsp3) is 0.0714. The second-order valence-electron chi connectivity index (χ2n) is 3.95. The van der Waals surface area contributed by atoms with Gasteiger partial charge in [0.05, 0.1) is 15.5 Å². The van der Waals surface area contributed by atoms with Crippen LogP contribution >= 0.6 is 15.9 Å². The number of ketones is 1. The van der Waals surface area contributed by atoms with Gasteiger partial charge in [-0.1, -0.05) is 30.3 Å². The van der Waals surface area contributed by atoms with Crippen molar-refractivity contribution in [2.75, 3.05) is 6.61 Å². The lowest BCUT2D eigenvalue weighted by Gasteiger charge is -2.07. The second-order valence-corrected chi connectivity index (χ2v) is 4.80. The molecule has 0 aliphatic heterocycles. The monoisotopic (exact) mass is 335 g/mol. The first-order chi connectivity index (χ1) is 9.58. The van der Waals surface area contributed by atoms with Crippen molar-refractivity contribution in [3.05, 3.63) is 68.7 Å². The molecule has 2 aromatic rings. The molecular weight excluding hydrogens is 326 g/mol. The Balaban J connectivity index is 2.09. The molecule has 0 spiro atoms. The van der Waals surface area contributed by atoms with Crippen molar-refractivity contribution in [3.8, 4) is 5.75 Å². The highest BCUT2D eigenvalue weighted by atomic mass is 79.9. The summed E-state index contributed by atoms with van der Waals surface area (Å²) >= 11 is 3.23. The Hall–Kier alpha value is -2.21. The van der Waals surface area contributed by atoms with E-state index in [1.807, 2.05) is 6.07 Å². The minimum atomic E-state index is -0.516. The van der Waals surface area contributed by atoms with E-state index in [0.29, 0.717) is 10.0 Å². The van der Waals surface area contributed by atoms with Gasteiger partial charge in [0.1, 0.15) is 5.75 Å². The predicted molar refractivity (Wildman–Crippen MR) is 77.1 cm³/mol. The van der Waals surface area contributed by atoms with Crippen LogP contribution in [0.3, 0.4) is 0 Å². The van der Waals surface area contributed by atoms with Crippen molar-refractivity contribution < 1.29 is 14.5 Å². The number of Topliss-reactive ketones (excluding diaryl/α,β-unsaturated/α-hetero) is 1. The summed E-state index contributed by atoms with van der Waals surface area (Å²) in [6, 6.07) is 12.9. The lowest BCUT2D eigenvalue weighted by Crippen LogP contribution is -2.11. The van der Waals surface area contributed by atoms with Crippen LogP contribution in [-0.4, -0.2) is 17.3 Å². The van der Waals surface area contributed by atoms with Gasteiger partial charge >= 0.3 is 0 Å². The molecule has 20 heavy (non-hydrogen) atoms. The zero-order valence-electron chi connectivity index (χ0n) is 10.3. The van der Waals surface area contributed by atoms with Gasteiger partial charge in [-0.2, -0.15) is 0 Å². The number of carbonyl (C=O) groups excluding carboxylic acids is 1. The molecule has 2 aromatic carbocycles. The highest BCUT2D eigenvalue weighted by Gasteiger charge is 2.12. The van der Waals surface area contributed by atoms with Crippen LogP contribution in [0.15, 0.2) is 53.0 Å². The van der Waals surface area contributed by atoms with Crippen molar-refractivity contribution in [1.29, 1.82) is 0 Å². The van der Waals surface area contributed by atoms with Crippen molar-refractivity contribution in [1.82, 2.24) is 0 Å². The second kappa shape index (κ2) is 6.29. The maximum atomic E-state index is 11.9. The minimum Gasteiger partial charge on any atom is -0.484 e. The maximum absolute atomic E-state index is 11.9. The zero-order valence-corrected chi connectivity index (χ0v) is 11.9. The van der Waals surface area contributed by atoms with Crippen LogP contribution in [0.5, 0.6) is 5.75 Å². The van der Waals surface area contributed by atoms with E-state index in [1.165, 1.54) is 18.2 Å². The van der Waals surface area contributed by atoms with Crippen LogP contribution in [0.4, 0.5) is 5.69 Å². The van der Waals surface area contributed by atoms with Gasteiger partial charge in [-0.25, -0.2) is 0 Å². The number of non-ortho nitro benzene ring substituents is 1. The number of ether oxygens (including phenoxy) is 1. The molecule has 0 saturated heterocycles. The van der Waals surface area contributed by atoms with E-state index < -0.39 is 4.92 Å². The van der Waals surface area contributed by atoms with Crippen LogP contribution in [-0.2, 0) is 0 Å². The summed E-state index contributed by atoms with van der Waals surface area (Å²) in [7, 11) is 0. The smallest absolute Gasteiger partial charge is 0.273 e. The average Bonchev–Trinajstić information content (AvgIpc) is 2.46. The highest BCUT2D eigenvalue weighted by molar-refractivity contribution is 9.10. The van der Waals surface area contributed by atoms with Gasteiger partial charge in [0.2, 0.25) is 0 Å². The number of benzene rings is 2. The Kier molecular flexibility index (Phi) is 4.47. The predicted octanol–water partition coefficient (Wildman–Crippen LogP) is 3.62. The van der Waals surface area contributed by atoms with E-state index in [2.05, 4.69) is 15.9 Å². The fourth-order valence-electron chi connectivity index (χ4n) is 1.57. The summed E-state index contributed by atoms with van der Waals surface area (Å²) < 4.78 is 5.90. The molecule has 5 nitrogen and oxygen atoms in total. The SMILES string of the molecule is O=C(COc1cc([N+](=O)[O-])ccc1Br)c1ccccc1. The standard InChI is InChI=1S/C14H10BrNO4/c15-12-7-6-11(16(18)19)8-14(12)20-9-13(17)10-4-2-1-3-5-10/h1-8H,9H2. The number of nitro benzene ring substituents is 1. The van der Waals surface area contributed by atoms with Crippen molar-refractivity contribution in [3.63, 3.8) is 0 Å². The summed E-state index contributed by atoms with van der Waals surface area (Å²) in [5, 5.41) is 10.7. The summed E-state index contributed by atoms with van der Waals surface area (Å²) in [6.07, 6.45) is 0. The van der Waals surface area contributed by atoms with Gasteiger partial charge in [0.15, 0.2) is 12.4 Å². The number of nitro groups is 1. The topological polar surface area (TPSA) is 69.4 Å². The maximum Gasteiger partial charge on any atom is 0.273 e. The molecule has 102 valence electrons. The fourth-order valence-corrected chi connectivity index (χ4v) is 1.93. The van der Waals surface area contributed by atoms with Crippen molar-refractivity contribution in [2.45, 2.75) is 0 Å². The Labute approximate surface area is 123 Å². The van der Waals surface area contributed by atoms with Crippen molar-refractivity contribution >= 4 is 27.4 Å². The number of halogens is 1.